The molecule has 4 nitrogen and oxygen atoms in total. The zero-order chi connectivity index (χ0) is 21.7. The summed E-state index contributed by atoms with van der Waals surface area (Å²) in [6.07, 6.45) is 16.8. The molecule has 3 rings (SSSR count). The Morgan fingerprint density at radius 3 is 2.57 bits per heavy atom. The van der Waals surface area contributed by atoms with E-state index in [0.29, 0.717) is 5.41 Å². The standard InChI is InChI=1S/C26H41N3O/c1-6-14-27-23-8-9-24(28(5)19-23)25(30)29-15-12-26(13-16-29)11-10-22(17-20(3)4)21(7-2)18-26/h8-9,17,19,24,27H,6-7,10-16,18H2,1-5H3. The van der Waals surface area contributed by atoms with Crippen LogP contribution >= 0.6 is 0 Å². The number of hydrogen-bond acceptors (Lipinski definition) is 3. The highest BCUT2D eigenvalue weighted by Gasteiger charge is 2.39. The van der Waals surface area contributed by atoms with Crippen LogP contribution in [0.5, 0.6) is 0 Å². The molecule has 1 amide bonds. The summed E-state index contributed by atoms with van der Waals surface area (Å²) < 4.78 is 0. The van der Waals surface area contributed by atoms with Crippen molar-refractivity contribution in [3.05, 3.63) is 46.8 Å². The Hall–Kier alpha value is -1.97. The van der Waals surface area contributed by atoms with Crippen LogP contribution in [0.2, 0.25) is 0 Å². The van der Waals surface area contributed by atoms with Crippen molar-refractivity contribution in [1.82, 2.24) is 15.1 Å². The Balaban J connectivity index is 1.59. The van der Waals surface area contributed by atoms with E-state index < -0.39 is 0 Å². The van der Waals surface area contributed by atoms with E-state index in [2.05, 4.69) is 67.2 Å². The van der Waals surface area contributed by atoms with Gasteiger partial charge in [-0.2, -0.15) is 0 Å². The Morgan fingerprint density at radius 1 is 1.23 bits per heavy atom. The zero-order valence-electron chi connectivity index (χ0n) is 19.8. The van der Waals surface area contributed by atoms with Crippen LogP contribution in [0.25, 0.3) is 0 Å². The number of hydrogen-bond donors (Lipinski definition) is 1. The number of piperidine rings is 1. The van der Waals surface area contributed by atoms with Gasteiger partial charge >= 0.3 is 0 Å². The van der Waals surface area contributed by atoms with Gasteiger partial charge in [0.2, 0.25) is 5.91 Å². The average Bonchev–Trinajstić information content (AvgIpc) is 2.73. The molecule has 0 aromatic rings. The van der Waals surface area contributed by atoms with Crippen LogP contribution in [0.4, 0.5) is 0 Å². The second-order valence-corrected chi connectivity index (χ2v) is 9.69. The number of nitrogens with one attached hydrogen (secondary N) is 1. The summed E-state index contributed by atoms with van der Waals surface area (Å²) in [5.41, 5.74) is 6.13. The van der Waals surface area contributed by atoms with Crippen molar-refractivity contribution >= 4 is 5.91 Å². The summed E-state index contributed by atoms with van der Waals surface area (Å²) >= 11 is 0. The summed E-state index contributed by atoms with van der Waals surface area (Å²) in [5, 5.41) is 3.40. The third kappa shape index (κ3) is 5.19. The van der Waals surface area contributed by atoms with E-state index in [9.17, 15) is 4.79 Å². The van der Waals surface area contributed by atoms with Gasteiger partial charge in [-0.25, -0.2) is 0 Å². The first-order valence-corrected chi connectivity index (χ1v) is 11.9. The maximum Gasteiger partial charge on any atom is 0.249 e. The number of nitrogens with zero attached hydrogens (tertiary/aromatic N) is 2. The second kappa shape index (κ2) is 9.89. The predicted octanol–water partition coefficient (Wildman–Crippen LogP) is 5.16. The normalized spacial score (nSPS) is 23.5. The highest BCUT2D eigenvalue weighted by molar-refractivity contribution is 5.84. The smallest absolute Gasteiger partial charge is 0.249 e. The molecule has 0 saturated carbocycles. The maximum absolute atomic E-state index is 13.2. The van der Waals surface area contributed by atoms with Gasteiger partial charge in [-0.15, -0.1) is 0 Å². The van der Waals surface area contributed by atoms with Crippen LogP contribution in [0, 0.1) is 5.41 Å². The molecular weight excluding hydrogens is 370 g/mol. The first kappa shape index (κ1) is 22.7. The molecule has 2 aliphatic heterocycles. The number of likely N-dealkylation sites (tertiary alicyclic amines) is 1. The molecule has 0 bridgehead atoms. The number of carbonyl (C=O) groups is 1. The Morgan fingerprint density at radius 2 is 1.97 bits per heavy atom. The number of carbonyl (C=O) groups excluding carboxylic acids is 1. The topological polar surface area (TPSA) is 35.6 Å². The van der Waals surface area contributed by atoms with Gasteiger partial charge in [-0.3, -0.25) is 4.79 Å². The first-order valence-electron chi connectivity index (χ1n) is 11.9. The summed E-state index contributed by atoms with van der Waals surface area (Å²) in [6, 6.07) is -0.173. The van der Waals surface area contributed by atoms with E-state index in [4.69, 9.17) is 0 Å². The molecule has 1 saturated heterocycles. The van der Waals surface area contributed by atoms with Crippen molar-refractivity contribution in [1.29, 1.82) is 0 Å². The van der Waals surface area contributed by atoms with Gasteiger partial charge in [0.15, 0.2) is 0 Å². The second-order valence-electron chi connectivity index (χ2n) is 9.69. The van der Waals surface area contributed by atoms with Gasteiger partial charge in [0.25, 0.3) is 0 Å². The van der Waals surface area contributed by atoms with Gasteiger partial charge in [0, 0.05) is 38.6 Å². The van der Waals surface area contributed by atoms with E-state index in [1.807, 2.05) is 7.05 Å². The fourth-order valence-electron chi connectivity index (χ4n) is 5.22. The number of rotatable bonds is 6. The summed E-state index contributed by atoms with van der Waals surface area (Å²) in [6.45, 7) is 11.6. The minimum absolute atomic E-state index is 0.173. The molecule has 30 heavy (non-hydrogen) atoms. The Labute approximate surface area is 183 Å². The molecule has 0 radical (unpaired) electrons. The van der Waals surface area contributed by atoms with Crippen LogP contribution in [-0.2, 0) is 4.79 Å². The molecule has 2 heterocycles. The molecule has 1 N–H and O–H groups in total. The van der Waals surface area contributed by atoms with Crippen molar-refractivity contribution in [2.45, 2.75) is 78.7 Å². The zero-order valence-corrected chi connectivity index (χ0v) is 19.8. The minimum atomic E-state index is -0.173. The van der Waals surface area contributed by atoms with Crippen LogP contribution in [0.1, 0.15) is 72.6 Å². The third-order valence-corrected chi connectivity index (χ3v) is 7.06. The molecule has 1 spiro atoms. The van der Waals surface area contributed by atoms with E-state index in [0.717, 1.165) is 51.0 Å². The third-order valence-electron chi connectivity index (χ3n) is 7.06. The maximum atomic E-state index is 13.2. The van der Waals surface area contributed by atoms with Crippen LogP contribution in [-0.4, -0.2) is 48.4 Å². The highest BCUT2D eigenvalue weighted by Crippen LogP contribution is 2.48. The average molecular weight is 412 g/mol. The molecular formula is C26H41N3O. The van der Waals surface area contributed by atoms with Crippen molar-refractivity contribution in [2.75, 3.05) is 26.7 Å². The molecule has 1 atom stereocenters. The Bertz CT molecular complexity index is 746. The quantitative estimate of drug-likeness (QED) is 0.655. The molecule has 1 aliphatic carbocycles. The molecule has 166 valence electrons. The van der Waals surface area contributed by atoms with Crippen molar-refractivity contribution in [3.8, 4) is 0 Å². The van der Waals surface area contributed by atoms with Crippen molar-refractivity contribution in [2.24, 2.45) is 5.41 Å². The molecule has 0 aromatic carbocycles. The lowest BCUT2D eigenvalue weighted by Gasteiger charge is -2.46. The number of likely N-dealkylation sites (N-methyl/N-ethyl adjacent to an activating group) is 1. The van der Waals surface area contributed by atoms with Crippen LogP contribution in [0.15, 0.2) is 46.8 Å². The van der Waals surface area contributed by atoms with E-state index >= 15 is 0 Å². The summed E-state index contributed by atoms with van der Waals surface area (Å²) in [7, 11) is 2.01. The molecule has 1 unspecified atom stereocenters. The number of allylic oxidation sites excluding steroid dienone is 5. The SMILES string of the molecule is CCCNC1=CN(C)C(C(=O)N2CCC3(CCC(C=C(C)C)=C(CC)C3)CC2)C=C1. The van der Waals surface area contributed by atoms with Gasteiger partial charge < -0.3 is 15.1 Å². The van der Waals surface area contributed by atoms with Crippen molar-refractivity contribution < 1.29 is 4.79 Å². The van der Waals surface area contributed by atoms with Gasteiger partial charge in [0.1, 0.15) is 6.04 Å². The molecule has 0 aromatic heterocycles. The van der Waals surface area contributed by atoms with Gasteiger partial charge in [-0.05, 0) is 75.9 Å². The lowest BCUT2D eigenvalue weighted by atomic mass is 9.65. The molecule has 1 fully saturated rings. The lowest BCUT2D eigenvalue weighted by Crippen LogP contribution is -2.50. The van der Waals surface area contributed by atoms with Gasteiger partial charge in [0.05, 0.1) is 0 Å². The number of amides is 1. The van der Waals surface area contributed by atoms with E-state index in [1.165, 1.54) is 24.8 Å². The van der Waals surface area contributed by atoms with Crippen molar-refractivity contribution in [3.63, 3.8) is 0 Å². The fraction of sp³-hybridized carbons (Fsp3) is 0.654. The van der Waals surface area contributed by atoms with E-state index in [-0.39, 0.29) is 11.9 Å². The van der Waals surface area contributed by atoms with Crippen LogP contribution < -0.4 is 5.32 Å². The van der Waals surface area contributed by atoms with Crippen LogP contribution in [0.3, 0.4) is 0 Å². The largest absolute Gasteiger partial charge is 0.384 e. The summed E-state index contributed by atoms with van der Waals surface area (Å²) in [5.74, 6) is 0.252. The van der Waals surface area contributed by atoms with Gasteiger partial charge in [-0.1, -0.05) is 37.1 Å². The lowest BCUT2D eigenvalue weighted by molar-refractivity contribution is -0.136. The molecule has 3 aliphatic rings. The molecule has 4 heteroatoms. The monoisotopic (exact) mass is 411 g/mol. The Kier molecular flexibility index (Phi) is 7.49. The predicted molar refractivity (Wildman–Crippen MR) is 126 cm³/mol. The highest BCUT2D eigenvalue weighted by atomic mass is 16.2. The van der Waals surface area contributed by atoms with E-state index in [1.54, 1.807) is 11.1 Å². The fourth-order valence-corrected chi connectivity index (χ4v) is 5.22. The summed E-state index contributed by atoms with van der Waals surface area (Å²) in [4.78, 5) is 17.4. The first-order chi connectivity index (χ1) is 14.4. The minimum Gasteiger partial charge on any atom is -0.384 e.